The molecule has 152 valence electrons. The number of halogens is 2. The van der Waals surface area contributed by atoms with Gasteiger partial charge in [-0.2, -0.15) is 4.98 Å². The Balaban J connectivity index is 0.00000225. The Morgan fingerprint density at radius 3 is 2.21 bits per heavy atom. The van der Waals surface area contributed by atoms with E-state index in [-0.39, 0.29) is 18.2 Å². The largest absolute Gasteiger partial charge is 0.340 e. The molecule has 0 aliphatic carbocycles. The molecule has 1 aromatic heterocycles. The van der Waals surface area contributed by atoms with Crippen LogP contribution in [0.3, 0.4) is 0 Å². The van der Waals surface area contributed by atoms with Crippen LogP contribution in [0.1, 0.15) is 11.3 Å². The second-order valence-corrected chi connectivity index (χ2v) is 7.52. The monoisotopic (exact) mass is 406 g/mol. The number of nitrogens with one attached hydrogen (secondary N) is 1. The van der Waals surface area contributed by atoms with Gasteiger partial charge in [0.15, 0.2) is 0 Å². The maximum Gasteiger partial charge on any atom is 0.227 e. The Morgan fingerprint density at radius 1 is 0.857 bits per heavy atom. The number of nitrogens with zero attached hydrogens (tertiary/aromatic N) is 5. The summed E-state index contributed by atoms with van der Waals surface area (Å²) in [4.78, 5) is 16.8. The second-order valence-electron chi connectivity index (χ2n) is 7.52. The van der Waals surface area contributed by atoms with Crippen molar-refractivity contribution in [2.45, 2.75) is 12.8 Å². The van der Waals surface area contributed by atoms with Crippen LogP contribution < -0.4 is 10.2 Å². The van der Waals surface area contributed by atoms with Crippen LogP contribution in [-0.2, 0) is 12.8 Å². The lowest BCUT2D eigenvalue weighted by molar-refractivity contribution is 0.311. The van der Waals surface area contributed by atoms with Crippen molar-refractivity contribution in [1.29, 1.82) is 0 Å². The number of benzene rings is 1. The second kappa shape index (κ2) is 9.03. The number of hydrogen-bond donors (Lipinski definition) is 1. The highest BCUT2D eigenvalue weighted by atomic mass is 35.5. The topological polar surface area (TPSA) is 47.5 Å². The van der Waals surface area contributed by atoms with Crippen molar-refractivity contribution in [3.63, 3.8) is 0 Å². The lowest BCUT2D eigenvalue weighted by atomic mass is 10.1. The molecular weight excluding hydrogens is 379 g/mol. The van der Waals surface area contributed by atoms with E-state index in [2.05, 4.69) is 34.1 Å². The molecule has 3 heterocycles. The van der Waals surface area contributed by atoms with E-state index in [1.54, 1.807) is 12.1 Å². The summed E-state index contributed by atoms with van der Waals surface area (Å²) in [6.07, 6.45) is 1.84. The lowest BCUT2D eigenvalue weighted by Crippen LogP contribution is -2.45. The average Bonchev–Trinajstić information content (AvgIpc) is 2.86. The molecule has 1 aromatic carbocycles. The molecule has 0 amide bonds. The molecular formula is C20H28ClFN6. The number of anilines is 3. The third-order valence-electron chi connectivity index (χ3n) is 5.45. The Morgan fingerprint density at radius 2 is 1.50 bits per heavy atom. The van der Waals surface area contributed by atoms with Gasteiger partial charge >= 0.3 is 0 Å². The molecule has 0 saturated carbocycles. The summed E-state index contributed by atoms with van der Waals surface area (Å²) >= 11 is 0. The first-order chi connectivity index (χ1) is 13.1. The third kappa shape index (κ3) is 4.71. The number of fused-ring (bicyclic) bond motifs is 1. The first-order valence-electron chi connectivity index (χ1n) is 9.63. The van der Waals surface area contributed by atoms with Gasteiger partial charge in [-0.05, 0) is 44.8 Å². The van der Waals surface area contributed by atoms with Crippen LogP contribution in [-0.4, -0.2) is 73.1 Å². The Labute approximate surface area is 172 Å². The van der Waals surface area contributed by atoms with Gasteiger partial charge in [0.25, 0.3) is 0 Å². The standard InChI is InChI=1S/C20H27FN6.ClH/c1-25-9-7-17-18(8-10-25)23-20(27-13-11-26(2)12-14-27)24-19(17)22-16-5-3-15(21)4-6-16;/h3-6H,7-14H2,1-2H3,(H,22,23,24);1H. The van der Waals surface area contributed by atoms with Crippen molar-refractivity contribution < 1.29 is 4.39 Å². The number of piperazine rings is 1. The third-order valence-corrected chi connectivity index (χ3v) is 5.45. The Bertz CT molecular complexity index is 792. The first-order valence-corrected chi connectivity index (χ1v) is 9.63. The van der Waals surface area contributed by atoms with E-state index in [0.29, 0.717) is 0 Å². The number of rotatable bonds is 3. The van der Waals surface area contributed by atoms with Crippen molar-refractivity contribution in [2.24, 2.45) is 0 Å². The van der Waals surface area contributed by atoms with E-state index in [1.165, 1.54) is 17.7 Å². The molecule has 4 rings (SSSR count). The van der Waals surface area contributed by atoms with Crippen LogP contribution >= 0.6 is 12.4 Å². The van der Waals surface area contributed by atoms with Crippen molar-refractivity contribution in [1.82, 2.24) is 19.8 Å². The van der Waals surface area contributed by atoms with Gasteiger partial charge in [0.2, 0.25) is 5.95 Å². The SMILES string of the molecule is CN1CCc2nc(N3CCN(C)CC3)nc(Nc3ccc(F)cc3)c2CC1.Cl. The highest BCUT2D eigenvalue weighted by Crippen LogP contribution is 2.27. The van der Waals surface area contributed by atoms with Crippen molar-refractivity contribution in [3.8, 4) is 0 Å². The van der Waals surface area contributed by atoms with Crippen LogP contribution in [0.25, 0.3) is 0 Å². The minimum Gasteiger partial charge on any atom is -0.340 e. The van der Waals surface area contributed by atoms with Crippen LogP contribution in [0.4, 0.5) is 21.8 Å². The molecule has 0 spiro atoms. The van der Waals surface area contributed by atoms with E-state index in [4.69, 9.17) is 9.97 Å². The van der Waals surface area contributed by atoms with E-state index >= 15 is 0 Å². The predicted octanol–water partition coefficient (Wildman–Crippen LogP) is 2.56. The summed E-state index contributed by atoms with van der Waals surface area (Å²) in [5.74, 6) is 1.42. The average molecular weight is 407 g/mol. The summed E-state index contributed by atoms with van der Waals surface area (Å²) < 4.78 is 13.3. The predicted molar refractivity (Wildman–Crippen MR) is 114 cm³/mol. The minimum absolute atomic E-state index is 0. The fourth-order valence-corrected chi connectivity index (χ4v) is 3.62. The summed E-state index contributed by atoms with van der Waals surface area (Å²) in [6.45, 7) is 5.90. The maximum absolute atomic E-state index is 13.3. The van der Waals surface area contributed by atoms with Gasteiger partial charge in [-0.25, -0.2) is 9.37 Å². The van der Waals surface area contributed by atoms with Gasteiger partial charge in [0, 0.05) is 56.9 Å². The van der Waals surface area contributed by atoms with Crippen LogP contribution in [0.5, 0.6) is 0 Å². The lowest BCUT2D eigenvalue weighted by Gasteiger charge is -2.33. The molecule has 2 aliphatic rings. The molecule has 2 aliphatic heterocycles. The van der Waals surface area contributed by atoms with E-state index < -0.39 is 0 Å². The summed E-state index contributed by atoms with van der Waals surface area (Å²) in [7, 11) is 4.29. The summed E-state index contributed by atoms with van der Waals surface area (Å²) in [5.41, 5.74) is 3.16. The van der Waals surface area contributed by atoms with E-state index in [1.807, 2.05) is 0 Å². The van der Waals surface area contributed by atoms with Gasteiger partial charge in [-0.1, -0.05) is 0 Å². The Hall–Kier alpha value is -1.96. The first kappa shape index (κ1) is 20.8. The molecule has 8 heteroatoms. The van der Waals surface area contributed by atoms with Gasteiger partial charge in [0.1, 0.15) is 11.6 Å². The Kier molecular flexibility index (Phi) is 6.69. The molecule has 0 radical (unpaired) electrons. The molecule has 0 unspecified atom stereocenters. The molecule has 1 saturated heterocycles. The van der Waals surface area contributed by atoms with Crippen LogP contribution in [0.2, 0.25) is 0 Å². The zero-order valence-corrected chi connectivity index (χ0v) is 17.3. The van der Waals surface area contributed by atoms with Crippen LogP contribution in [0, 0.1) is 5.82 Å². The maximum atomic E-state index is 13.3. The number of hydrogen-bond acceptors (Lipinski definition) is 6. The summed E-state index contributed by atoms with van der Waals surface area (Å²) in [6, 6.07) is 6.44. The quantitative estimate of drug-likeness (QED) is 0.845. The molecule has 2 aromatic rings. The highest BCUT2D eigenvalue weighted by Gasteiger charge is 2.23. The van der Waals surface area contributed by atoms with Gasteiger partial charge in [-0.15, -0.1) is 12.4 Å². The van der Waals surface area contributed by atoms with E-state index in [9.17, 15) is 4.39 Å². The van der Waals surface area contributed by atoms with Gasteiger partial charge in [-0.3, -0.25) is 0 Å². The summed E-state index contributed by atoms with van der Waals surface area (Å²) in [5, 5.41) is 3.42. The fraction of sp³-hybridized carbons (Fsp3) is 0.500. The molecule has 28 heavy (non-hydrogen) atoms. The zero-order chi connectivity index (χ0) is 18.8. The fourth-order valence-electron chi connectivity index (χ4n) is 3.62. The van der Waals surface area contributed by atoms with Crippen molar-refractivity contribution >= 4 is 29.9 Å². The smallest absolute Gasteiger partial charge is 0.227 e. The number of likely N-dealkylation sites (N-methyl/N-ethyl adjacent to an activating group) is 2. The molecule has 0 bridgehead atoms. The zero-order valence-electron chi connectivity index (χ0n) is 16.5. The minimum atomic E-state index is -0.234. The van der Waals surface area contributed by atoms with Crippen molar-refractivity contribution in [3.05, 3.63) is 41.3 Å². The molecule has 1 fully saturated rings. The molecule has 1 N–H and O–H groups in total. The normalized spacial score (nSPS) is 18.2. The van der Waals surface area contributed by atoms with Crippen LogP contribution in [0.15, 0.2) is 24.3 Å². The number of aromatic nitrogens is 2. The highest BCUT2D eigenvalue weighted by molar-refractivity contribution is 5.85. The molecule has 0 atom stereocenters. The van der Waals surface area contributed by atoms with Gasteiger partial charge < -0.3 is 20.0 Å². The van der Waals surface area contributed by atoms with E-state index in [0.717, 1.165) is 75.3 Å². The van der Waals surface area contributed by atoms with Gasteiger partial charge in [0.05, 0.1) is 5.69 Å². The van der Waals surface area contributed by atoms with Crippen molar-refractivity contribution in [2.75, 3.05) is 63.6 Å². The molecule has 6 nitrogen and oxygen atoms in total.